The third-order valence-electron chi connectivity index (χ3n) is 5.77. The van der Waals surface area contributed by atoms with Crippen molar-refractivity contribution >= 4 is 17.6 Å². The Morgan fingerprint density at radius 3 is 2.72 bits per heavy atom. The number of anilines is 1. The fraction of sp³-hybridized carbons (Fsp3) is 0.522. The Bertz CT molecular complexity index is 936. The molecule has 1 aromatic carbocycles. The summed E-state index contributed by atoms with van der Waals surface area (Å²) in [5, 5.41) is 7.53. The number of nitrogens with one attached hydrogen (secondary N) is 1. The number of carbonyl (C=O) groups excluding carboxylic acids is 1. The molecule has 3 heterocycles. The Kier molecular flexibility index (Phi) is 7.39. The van der Waals surface area contributed by atoms with Gasteiger partial charge in [-0.1, -0.05) is 24.3 Å². The number of carbonyl (C=O) groups is 1. The Balaban J connectivity index is 1.39. The molecule has 32 heavy (non-hydrogen) atoms. The van der Waals surface area contributed by atoms with Gasteiger partial charge in [0.1, 0.15) is 6.54 Å². The van der Waals surface area contributed by atoms with Crippen molar-refractivity contribution in [1.29, 1.82) is 0 Å². The lowest BCUT2D eigenvalue weighted by Gasteiger charge is -2.35. The van der Waals surface area contributed by atoms with Gasteiger partial charge in [0.15, 0.2) is 5.96 Å². The third-order valence-corrected chi connectivity index (χ3v) is 5.77. The van der Waals surface area contributed by atoms with Crippen LogP contribution in [0.15, 0.2) is 41.7 Å². The van der Waals surface area contributed by atoms with Gasteiger partial charge in [-0.2, -0.15) is 5.10 Å². The summed E-state index contributed by atoms with van der Waals surface area (Å²) in [6.07, 6.45) is 3.60. The highest BCUT2D eigenvalue weighted by molar-refractivity contribution is 5.98. The summed E-state index contributed by atoms with van der Waals surface area (Å²) in [7, 11) is 1.86. The lowest BCUT2D eigenvalue weighted by atomic mass is 10.1. The number of aryl methyl sites for hydroxylation is 1. The quantitative estimate of drug-likeness (QED) is 0.536. The normalized spacial score (nSPS) is 18.3. The van der Waals surface area contributed by atoms with Gasteiger partial charge in [0, 0.05) is 52.5 Å². The smallest absolute Gasteiger partial charge is 0.246 e. The number of hydrogen-bond donors (Lipinski definition) is 1. The fourth-order valence-corrected chi connectivity index (χ4v) is 4.11. The number of guanidine groups is 1. The van der Waals surface area contributed by atoms with Crippen LogP contribution in [0.2, 0.25) is 0 Å². The molecule has 0 unspecified atom stereocenters. The SMILES string of the molecule is CCNC(=NCc1cccc(CN2CCOCC2)c1)N1CCN(c2cnn(C)c2)C(=O)C1. The van der Waals surface area contributed by atoms with Gasteiger partial charge in [-0.05, 0) is 18.1 Å². The molecule has 0 atom stereocenters. The van der Waals surface area contributed by atoms with Crippen molar-refractivity contribution in [2.24, 2.45) is 12.0 Å². The van der Waals surface area contributed by atoms with Crippen molar-refractivity contribution in [1.82, 2.24) is 24.9 Å². The van der Waals surface area contributed by atoms with Crippen LogP contribution < -0.4 is 10.2 Å². The van der Waals surface area contributed by atoms with Crippen molar-refractivity contribution in [3.05, 3.63) is 47.8 Å². The summed E-state index contributed by atoms with van der Waals surface area (Å²) >= 11 is 0. The van der Waals surface area contributed by atoms with E-state index in [1.165, 1.54) is 11.1 Å². The second-order valence-corrected chi connectivity index (χ2v) is 8.22. The van der Waals surface area contributed by atoms with Gasteiger partial charge in [-0.25, -0.2) is 4.99 Å². The highest BCUT2D eigenvalue weighted by Crippen LogP contribution is 2.16. The predicted molar refractivity (Wildman–Crippen MR) is 124 cm³/mol. The van der Waals surface area contributed by atoms with Crippen molar-refractivity contribution in [3.8, 4) is 0 Å². The Morgan fingerprint density at radius 2 is 2.00 bits per heavy atom. The van der Waals surface area contributed by atoms with E-state index in [9.17, 15) is 4.79 Å². The molecule has 0 bridgehead atoms. The standard InChI is InChI=1S/C23H33N7O2/c1-3-24-23(29-7-8-30(22(31)18-29)21-15-26-27(2)17-21)25-14-19-5-4-6-20(13-19)16-28-9-11-32-12-10-28/h4-6,13,15,17H,3,7-12,14,16,18H2,1-2H3,(H,24,25). The maximum Gasteiger partial charge on any atom is 0.246 e. The molecule has 9 nitrogen and oxygen atoms in total. The van der Waals surface area contributed by atoms with Crippen LogP contribution >= 0.6 is 0 Å². The van der Waals surface area contributed by atoms with Gasteiger partial charge in [0.05, 0.1) is 31.6 Å². The minimum absolute atomic E-state index is 0.0577. The lowest BCUT2D eigenvalue weighted by Crippen LogP contribution is -2.55. The molecule has 0 radical (unpaired) electrons. The van der Waals surface area contributed by atoms with Gasteiger partial charge < -0.3 is 19.9 Å². The van der Waals surface area contributed by atoms with Gasteiger partial charge >= 0.3 is 0 Å². The molecular weight excluding hydrogens is 406 g/mol. The molecular formula is C23H33N7O2. The molecule has 2 fully saturated rings. The molecule has 2 aliphatic heterocycles. The number of ether oxygens (including phenoxy) is 1. The number of nitrogens with zero attached hydrogens (tertiary/aromatic N) is 6. The number of aliphatic imine (C=N–C) groups is 1. The summed E-state index contributed by atoms with van der Waals surface area (Å²) in [5.41, 5.74) is 3.31. The zero-order valence-electron chi connectivity index (χ0n) is 19.0. The molecule has 172 valence electrons. The van der Waals surface area contributed by atoms with Crippen molar-refractivity contribution in [3.63, 3.8) is 0 Å². The molecule has 2 aromatic rings. The first-order valence-electron chi connectivity index (χ1n) is 11.3. The minimum atomic E-state index is 0.0577. The molecule has 2 saturated heterocycles. The first-order chi connectivity index (χ1) is 15.6. The lowest BCUT2D eigenvalue weighted by molar-refractivity contribution is -0.120. The highest BCUT2D eigenvalue weighted by Gasteiger charge is 2.27. The van der Waals surface area contributed by atoms with Gasteiger partial charge in [0.2, 0.25) is 5.91 Å². The number of hydrogen-bond acceptors (Lipinski definition) is 5. The summed E-state index contributed by atoms with van der Waals surface area (Å²) in [6, 6.07) is 8.61. The molecule has 0 spiro atoms. The van der Waals surface area contributed by atoms with E-state index in [0.717, 1.165) is 57.6 Å². The van der Waals surface area contributed by atoms with Crippen molar-refractivity contribution < 1.29 is 9.53 Å². The van der Waals surface area contributed by atoms with Gasteiger partial charge in [-0.3, -0.25) is 14.4 Å². The largest absolute Gasteiger partial charge is 0.379 e. The summed E-state index contributed by atoms with van der Waals surface area (Å²) < 4.78 is 7.16. The van der Waals surface area contributed by atoms with Crippen LogP contribution in [0.4, 0.5) is 5.69 Å². The molecule has 0 saturated carbocycles. The molecule has 1 amide bonds. The second-order valence-electron chi connectivity index (χ2n) is 8.22. The summed E-state index contributed by atoms with van der Waals surface area (Å²) in [5.74, 6) is 0.840. The van der Waals surface area contributed by atoms with E-state index in [4.69, 9.17) is 9.73 Å². The maximum atomic E-state index is 12.8. The molecule has 4 rings (SSSR count). The second kappa shape index (κ2) is 10.6. The minimum Gasteiger partial charge on any atom is -0.379 e. The zero-order valence-corrected chi connectivity index (χ0v) is 19.0. The number of morpholine rings is 1. The first kappa shape index (κ1) is 22.3. The predicted octanol–water partition coefficient (Wildman–Crippen LogP) is 1.07. The van der Waals surface area contributed by atoms with Crippen LogP contribution in [0.3, 0.4) is 0 Å². The van der Waals surface area contributed by atoms with Gasteiger partial charge in [-0.15, -0.1) is 0 Å². The van der Waals surface area contributed by atoms with Crippen LogP contribution in [0.5, 0.6) is 0 Å². The van der Waals surface area contributed by atoms with Crippen LogP contribution in [-0.2, 0) is 29.7 Å². The number of aromatic nitrogens is 2. The Morgan fingerprint density at radius 1 is 1.19 bits per heavy atom. The van der Waals surface area contributed by atoms with Crippen LogP contribution in [0.25, 0.3) is 0 Å². The van der Waals surface area contributed by atoms with Gasteiger partial charge in [0.25, 0.3) is 0 Å². The average molecular weight is 440 g/mol. The highest BCUT2D eigenvalue weighted by atomic mass is 16.5. The Labute approximate surface area is 189 Å². The van der Waals surface area contributed by atoms with Crippen molar-refractivity contribution in [2.45, 2.75) is 20.0 Å². The van der Waals surface area contributed by atoms with E-state index in [2.05, 4.69) is 39.6 Å². The number of rotatable bonds is 6. The molecule has 1 aromatic heterocycles. The molecule has 9 heteroatoms. The summed E-state index contributed by atoms with van der Waals surface area (Å²) in [6.45, 7) is 9.54. The molecule has 1 N–H and O–H groups in total. The van der Waals surface area contributed by atoms with E-state index in [1.807, 2.05) is 25.1 Å². The average Bonchev–Trinajstić information content (AvgIpc) is 3.23. The van der Waals surface area contributed by atoms with Crippen molar-refractivity contribution in [2.75, 3.05) is 57.4 Å². The maximum absolute atomic E-state index is 12.8. The molecule has 0 aliphatic carbocycles. The monoisotopic (exact) mass is 439 g/mol. The zero-order chi connectivity index (χ0) is 22.3. The van der Waals surface area contributed by atoms with Crippen LogP contribution in [-0.4, -0.2) is 83.9 Å². The van der Waals surface area contributed by atoms with E-state index in [1.54, 1.807) is 15.8 Å². The van der Waals surface area contributed by atoms with Crippen LogP contribution in [0.1, 0.15) is 18.1 Å². The summed E-state index contributed by atoms with van der Waals surface area (Å²) in [4.78, 5) is 23.9. The van der Waals surface area contributed by atoms with E-state index in [0.29, 0.717) is 19.6 Å². The topological polar surface area (TPSA) is 78.2 Å². The van der Waals surface area contributed by atoms with E-state index < -0.39 is 0 Å². The van der Waals surface area contributed by atoms with E-state index >= 15 is 0 Å². The Hall–Kier alpha value is -2.91. The van der Waals surface area contributed by atoms with E-state index in [-0.39, 0.29) is 5.91 Å². The third kappa shape index (κ3) is 5.66. The first-order valence-corrected chi connectivity index (χ1v) is 11.3. The molecule has 2 aliphatic rings. The van der Waals surface area contributed by atoms with Crippen LogP contribution in [0, 0.1) is 0 Å². The number of piperazine rings is 1. The number of benzene rings is 1. The fourth-order valence-electron chi connectivity index (χ4n) is 4.11. The number of amides is 1.